The van der Waals surface area contributed by atoms with Crippen LogP contribution in [0.25, 0.3) is 0 Å². The van der Waals surface area contributed by atoms with E-state index in [4.69, 9.17) is 4.74 Å². The van der Waals surface area contributed by atoms with Crippen molar-refractivity contribution in [1.29, 1.82) is 0 Å². The molecule has 0 bridgehead atoms. The molecule has 0 radical (unpaired) electrons. The molecule has 2 heteroatoms. The summed E-state index contributed by atoms with van der Waals surface area (Å²) in [6.07, 6.45) is 3.67. The van der Waals surface area contributed by atoms with Crippen LogP contribution in [0.3, 0.4) is 0 Å². The van der Waals surface area contributed by atoms with Gasteiger partial charge in [0.2, 0.25) is 0 Å². The van der Waals surface area contributed by atoms with Gasteiger partial charge in [0.25, 0.3) is 0 Å². The Labute approximate surface area is 68.2 Å². The zero-order valence-corrected chi connectivity index (χ0v) is 7.52. The van der Waals surface area contributed by atoms with E-state index in [1.165, 1.54) is 13.0 Å². The third-order valence-corrected chi connectivity index (χ3v) is 1.23. The van der Waals surface area contributed by atoms with Crippen LogP contribution in [0, 0.1) is 0 Å². The van der Waals surface area contributed by atoms with E-state index in [0.717, 1.165) is 12.8 Å². The molecular weight excluding hydrogens is 140 g/mol. The molecule has 0 saturated heterocycles. The van der Waals surface area contributed by atoms with E-state index in [2.05, 4.69) is 6.92 Å². The number of ketones is 1. The average Bonchev–Trinajstić information content (AvgIpc) is 1.86. The number of allylic oxidation sites excluding steroid dienone is 2. The fourth-order valence-electron chi connectivity index (χ4n) is 0.705. The summed E-state index contributed by atoms with van der Waals surface area (Å²) in [6.45, 7) is 6.14. The number of ether oxygens (including phenoxy) is 1. The van der Waals surface area contributed by atoms with Gasteiger partial charge in [0.15, 0.2) is 5.78 Å². The lowest BCUT2D eigenvalue weighted by molar-refractivity contribution is -0.112. The number of rotatable bonds is 5. The molecular formula is C9H16O2. The maximum Gasteiger partial charge on any atom is 0.155 e. The average molecular weight is 156 g/mol. The van der Waals surface area contributed by atoms with Crippen LogP contribution in [0.1, 0.15) is 33.6 Å². The van der Waals surface area contributed by atoms with Crippen molar-refractivity contribution < 1.29 is 9.53 Å². The predicted molar refractivity (Wildman–Crippen MR) is 45.3 cm³/mol. The van der Waals surface area contributed by atoms with Gasteiger partial charge in [0.1, 0.15) is 0 Å². The number of carbonyl (C=O) groups is 1. The molecule has 0 aliphatic carbocycles. The number of carbonyl (C=O) groups excluding carboxylic acids is 1. The topological polar surface area (TPSA) is 26.3 Å². The molecule has 64 valence electrons. The van der Waals surface area contributed by atoms with Crippen LogP contribution in [0.2, 0.25) is 0 Å². The minimum atomic E-state index is 0.0407. The molecule has 0 aromatic carbocycles. The fraction of sp³-hybridized carbons (Fsp3) is 0.667. The zero-order valence-electron chi connectivity index (χ0n) is 7.52. The molecule has 0 aliphatic rings. The largest absolute Gasteiger partial charge is 0.498 e. The number of hydrogen-bond donors (Lipinski definition) is 0. The highest BCUT2D eigenvalue weighted by molar-refractivity contribution is 5.87. The lowest BCUT2D eigenvalue weighted by Crippen LogP contribution is -1.93. The predicted octanol–water partition coefficient (Wildman–Crippen LogP) is 2.30. The van der Waals surface area contributed by atoms with Gasteiger partial charge in [-0.2, -0.15) is 0 Å². The molecule has 0 N–H and O–H groups in total. The minimum absolute atomic E-state index is 0.0407. The van der Waals surface area contributed by atoms with Gasteiger partial charge in [0, 0.05) is 6.08 Å². The molecule has 0 aliphatic heterocycles. The van der Waals surface area contributed by atoms with Crippen molar-refractivity contribution in [3.8, 4) is 0 Å². The summed E-state index contributed by atoms with van der Waals surface area (Å²) < 4.78 is 5.23. The van der Waals surface area contributed by atoms with Gasteiger partial charge in [-0.05, 0) is 20.3 Å². The molecule has 0 rings (SSSR count). The Kier molecular flexibility index (Phi) is 5.53. The quantitative estimate of drug-likeness (QED) is 0.347. The first kappa shape index (κ1) is 10.2. The monoisotopic (exact) mass is 156 g/mol. The number of hydrogen-bond acceptors (Lipinski definition) is 2. The molecule has 0 aromatic heterocycles. The summed E-state index contributed by atoms with van der Waals surface area (Å²) in [5, 5.41) is 0. The first-order chi connectivity index (χ1) is 5.16. The molecule has 0 atom stereocenters. The molecule has 0 spiro atoms. The van der Waals surface area contributed by atoms with Gasteiger partial charge in [0.05, 0.1) is 12.4 Å². The molecule has 0 unspecified atom stereocenters. The van der Waals surface area contributed by atoms with Gasteiger partial charge in [-0.1, -0.05) is 13.3 Å². The summed E-state index contributed by atoms with van der Waals surface area (Å²) in [7, 11) is 0. The maximum absolute atomic E-state index is 10.5. The Morgan fingerprint density at radius 3 is 2.55 bits per heavy atom. The molecule has 0 saturated carbocycles. The van der Waals surface area contributed by atoms with Crippen molar-refractivity contribution >= 4 is 5.78 Å². The second-order valence-electron chi connectivity index (χ2n) is 2.57. The van der Waals surface area contributed by atoms with E-state index in [-0.39, 0.29) is 5.78 Å². The second-order valence-corrected chi connectivity index (χ2v) is 2.57. The van der Waals surface area contributed by atoms with Crippen LogP contribution >= 0.6 is 0 Å². The molecule has 2 nitrogen and oxygen atoms in total. The van der Waals surface area contributed by atoms with Gasteiger partial charge >= 0.3 is 0 Å². The van der Waals surface area contributed by atoms with Crippen LogP contribution in [0.4, 0.5) is 0 Å². The highest BCUT2D eigenvalue weighted by atomic mass is 16.5. The maximum atomic E-state index is 10.5. The Hall–Kier alpha value is -0.790. The summed E-state index contributed by atoms with van der Waals surface area (Å²) in [6, 6.07) is 0. The molecule has 11 heavy (non-hydrogen) atoms. The van der Waals surface area contributed by atoms with Crippen molar-refractivity contribution in [3.63, 3.8) is 0 Å². The normalized spacial score (nSPS) is 11.4. The molecule has 0 amide bonds. The van der Waals surface area contributed by atoms with E-state index in [1.54, 1.807) is 6.92 Å². The fourth-order valence-corrected chi connectivity index (χ4v) is 0.705. The van der Waals surface area contributed by atoms with Gasteiger partial charge in [-0.25, -0.2) is 0 Å². The highest BCUT2D eigenvalue weighted by Crippen LogP contribution is 1.98. The second kappa shape index (κ2) is 5.96. The van der Waals surface area contributed by atoms with Crippen molar-refractivity contribution in [2.75, 3.05) is 6.61 Å². The lowest BCUT2D eigenvalue weighted by atomic mass is 10.3. The van der Waals surface area contributed by atoms with Gasteiger partial charge in [-0.15, -0.1) is 0 Å². The van der Waals surface area contributed by atoms with E-state index in [1.807, 2.05) is 0 Å². The zero-order chi connectivity index (χ0) is 8.69. The Bertz CT molecular complexity index is 148. The van der Waals surface area contributed by atoms with Crippen molar-refractivity contribution in [2.45, 2.75) is 33.6 Å². The third kappa shape index (κ3) is 7.10. The Balaban J connectivity index is 3.51. The summed E-state index contributed by atoms with van der Waals surface area (Å²) in [4.78, 5) is 10.5. The van der Waals surface area contributed by atoms with E-state index in [9.17, 15) is 4.79 Å². The van der Waals surface area contributed by atoms with Crippen LogP contribution in [-0.2, 0) is 9.53 Å². The standard InChI is InChI=1S/C9H16O2/c1-4-5-6-11-9(3)7-8(2)10/h7H,4-6H2,1-3H3/b9-7+. The summed E-state index contributed by atoms with van der Waals surface area (Å²) in [5.74, 6) is 0.755. The van der Waals surface area contributed by atoms with E-state index >= 15 is 0 Å². The van der Waals surface area contributed by atoms with Crippen LogP contribution in [0.5, 0.6) is 0 Å². The number of unbranched alkanes of at least 4 members (excludes halogenated alkanes) is 1. The van der Waals surface area contributed by atoms with Crippen molar-refractivity contribution in [2.24, 2.45) is 0 Å². The van der Waals surface area contributed by atoms with Gasteiger partial charge < -0.3 is 4.74 Å². The summed E-state index contributed by atoms with van der Waals surface area (Å²) >= 11 is 0. The van der Waals surface area contributed by atoms with Crippen LogP contribution < -0.4 is 0 Å². The first-order valence-corrected chi connectivity index (χ1v) is 3.98. The Morgan fingerprint density at radius 2 is 2.09 bits per heavy atom. The lowest BCUT2D eigenvalue weighted by Gasteiger charge is -2.03. The van der Waals surface area contributed by atoms with Crippen molar-refractivity contribution in [3.05, 3.63) is 11.8 Å². The third-order valence-electron chi connectivity index (χ3n) is 1.23. The van der Waals surface area contributed by atoms with Crippen molar-refractivity contribution in [1.82, 2.24) is 0 Å². The van der Waals surface area contributed by atoms with Crippen LogP contribution in [0.15, 0.2) is 11.8 Å². The minimum Gasteiger partial charge on any atom is -0.498 e. The van der Waals surface area contributed by atoms with E-state index in [0.29, 0.717) is 12.4 Å². The van der Waals surface area contributed by atoms with E-state index < -0.39 is 0 Å². The SMILES string of the molecule is CCCCO/C(C)=C/C(C)=O. The van der Waals surface area contributed by atoms with Crippen LogP contribution in [-0.4, -0.2) is 12.4 Å². The summed E-state index contributed by atoms with van der Waals surface area (Å²) in [5.41, 5.74) is 0. The molecule has 0 heterocycles. The first-order valence-electron chi connectivity index (χ1n) is 3.98. The van der Waals surface area contributed by atoms with Gasteiger partial charge in [-0.3, -0.25) is 4.79 Å². The molecule has 0 aromatic rings. The highest BCUT2D eigenvalue weighted by Gasteiger charge is 1.91. The molecule has 0 fully saturated rings. The smallest absolute Gasteiger partial charge is 0.155 e. The Morgan fingerprint density at radius 1 is 1.45 bits per heavy atom.